The largest absolute Gasteiger partial charge is 0.484 e. The molecule has 1 fully saturated rings. The predicted octanol–water partition coefficient (Wildman–Crippen LogP) is 3.43. The molecule has 1 saturated carbocycles. The van der Waals surface area contributed by atoms with Crippen LogP contribution in [0.5, 0.6) is 5.75 Å². The fraction of sp³-hybridized carbons (Fsp3) is 0.636. The Labute approximate surface area is 167 Å². The summed E-state index contributed by atoms with van der Waals surface area (Å²) in [7, 11) is 1.38. The van der Waals surface area contributed by atoms with Crippen molar-refractivity contribution in [2.45, 2.75) is 65.0 Å². The van der Waals surface area contributed by atoms with Gasteiger partial charge >= 0.3 is 5.97 Å². The number of carboxylic acids is 1. The third-order valence-corrected chi connectivity index (χ3v) is 5.59. The highest BCUT2D eigenvalue weighted by atomic mass is 16.5. The van der Waals surface area contributed by atoms with E-state index in [0.717, 1.165) is 31.2 Å². The maximum absolute atomic E-state index is 12.2. The van der Waals surface area contributed by atoms with E-state index in [4.69, 9.17) is 14.6 Å². The third-order valence-electron chi connectivity index (χ3n) is 5.59. The number of nitrogens with one attached hydrogen (secondary N) is 1. The molecular formula is C22H33NO5. The van der Waals surface area contributed by atoms with Gasteiger partial charge in [-0.1, -0.05) is 32.9 Å². The molecule has 0 saturated heterocycles. The van der Waals surface area contributed by atoms with Gasteiger partial charge < -0.3 is 19.9 Å². The second kappa shape index (κ2) is 9.92. The molecule has 1 atom stereocenters. The molecule has 1 aromatic rings. The topological polar surface area (TPSA) is 84.9 Å². The molecule has 6 nitrogen and oxygen atoms in total. The summed E-state index contributed by atoms with van der Waals surface area (Å²) in [5, 5.41) is 12.1. The van der Waals surface area contributed by atoms with Crippen LogP contribution in [-0.4, -0.2) is 42.8 Å². The number of methoxy groups -OCH3 is 1. The molecule has 0 bridgehead atoms. The molecule has 28 heavy (non-hydrogen) atoms. The summed E-state index contributed by atoms with van der Waals surface area (Å²) in [6.45, 7) is 6.83. The van der Waals surface area contributed by atoms with Crippen molar-refractivity contribution in [2.24, 2.45) is 11.3 Å². The molecule has 0 heterocycles. The van der Waals surface area contributed by atoms with Gasteiger partial charge in [-0.05, 0) is 54.7 Å². The molecule has 156 valence electrons. The zero-order valence-electron chi connectivity index (χ0n) is 17.4. The number of benzene rings is 1. The van der Waals surface area contributed by atoms with Crippen LogP contribution in [0.3, 0.4) is 0 Å². The first kappa shape index (κ1) is 22.2. The zero-order chi connectivity index (χ0) is 20.7. The van der Waals surface area contributed by atoms with Crippen LogP contribution >= 0.6 is 0 Å². The maximum Gasteiger partial charge on any atom is 0.333 e. The fourth-order valence-electron chi connectivity index (χ4n) is 3.73. The zero-order valence-corrected chi connectivity index (χ0v) is 17.4. The summed E-state index contributed by atoms with van der Waals surface area (Å²) >= 11 is 0. The Kier molecular flexibility index (Phi) is 7.87. The van der Waals surface area contributed by atoms with Crippen LogP contribution in [0.25, 0.3) is 0 Å². The normalized spacial score (nSPS) is 21.0. The van der Waals surface area contributed by atoms with Gasteiger partial charge in [0.1, 0.15) is 5.75 Å². The lowest BCUT2D eigenvalue weighted by molar-refractivity contribution is -0.148. The van der Waals surface area contributed by atoms with E-state index in [1.165, 1.54) is 7.11 Å². The highest BCUT2D eigenvalue weighted by molar-refractivity contribution is 5.77. The summed E-state index contributed by atoms with van der Waals surface area (Å²) in [6, 6.07) is 7.29. The van der Waals surface area contributed by atoms with E-state index in [9.17, 15) is 9.59 Å². The van der Waals surface area contributed by atoms with Gasteiger partial charge in [-0.25, -0.2) is 4.79 Å². The Morgan fingerprint density at radius 3 is 2.25 bits per heavy atom. The second-order valence-electron chi connectivity index (χ2n) is 8.68. The Hall–Kier alpha value is -2.08. The van der Waals surface area contributed by atoms with Crippen molar-refractivity contribution in [1.29, 1.82) is 0 Å². The molecule has 1 aliphatic carbocycles. The van der Waals surface area contributed by atoms with E-state index < -0.39 is 12.1 Å². The van der Waals surface area contributed by atoms with Gasteiger partial charge in [-0.15, -0.1) is 0 Å². The number of carboxylic acid groups (broad SMARTS) is 1. The summed E-state index contributed by atoms with van der Waals surface area (Å²) in [6.07, 6.45) is 3.75. The van der Waals surface area contributed by atoms with Crippen LogP contribution in [0.1, 0.15) is 52.0 Å². The van der Waals surface area contributed by atoms with Crippen molar-refractivity contribution in [1.82, 2.24) is 5.32 Å². The summed E-state index contributed by atoms with van der Waals surface area (Å²) in [4.78, 5) is 23.2. The number of aliphatic carboxylic acids is 1. The predicted molar refractivity (Wildman–Crippen MR) is 107 cm³/mol. The summed E-state index contributed by atoms with van der Waals surface area (Å²) < 4.78 is 10.5. The van der Waals surface area contributed by atoms with E-state index in [-0.39, 0.29) is 25.0 Å². The molecule has 6 heteroatoms. The van der Waals surface area contributed by atoms with Gasteiger partial charge in [0.2, 0.25) is 0 Å². The van der Waals surface area contributed by atoms with Crippen molar-refractivity contribution < 1.29 is 24.2 Å². The van der Waals surface area contributed by atoms with Crippen LogP contribution < -0.4 is 10.1 Å². The lowest BCUT2D eigenvalue weighted by Crippen LogP contribution is -2.41. The number of carbonyl (C=O) groups is 2. The van der Waals surface area contributed by atoms with Crippen molar-refractivity contribution in [3.63, 3.8) is 0 Å². The molecule has 1 aromatic carbocycles. The average Bonchev–Trinajstić information content (AvgIpc) is 2.65. The van der Waals surface area contributed by atoms with Crippen LogP contribution in [0.4, 0.5) is 0 Å². The molecule has 1 unspecified atom stereocenters. The summed E-state index contributed by atoms with van der Waals surface area (Å²) in [5.41, 5.74) is 1.17. The lowest BCUT2D eigenvalue weighted by atomic mass is 9.71. The van der Waals surface area contributed by atoms with Gasteiger partial charge in [0.25, 0.3) is 5.91 Å². The highest BCUT2D eigenvalue weighted by Crippen LogP contribution is 2.37. The van der Waals surface area contributed by atoms with E-state index in [0.29, 0.717) is 17.1 Å². The number of ether oxygens (including phenoxy) is 2. The fourth-order valence-corrected chi connectivity index (χ4v) is 3.73. The molecule has 0 radical (unpaired) electrons. The lowest BCUT2D eigenvalue weighted by Gasteiger charge is -2.37. The minimum Gasteiger partial charge on any atom is -0.484 e. The van der Waals surface area contributed by atoms with Crippen molar-refractivity contribution >= 4 is 11.9 Å². The highest BCUT2D eigenvalue weighted by Gasteiger charge is 2.30. The molecule has 2 rings (SSSR count). The first-order valence-corrected chi connectivity index (χ1v) is 9.95. The van der Waals surface area contributed by atoms with Crippen molar-refractivity contribution in [3.05, 3.63) is 29.8 Å². The molecule has 2 N–H and O–H groups in total. The maximum atomic E-state index is 12.2. The smallest absolute Gasteiger partial charge is 0.333 e. The minimum absolute atomic E-state index is 0.0195. The molecule has 0 spiro atoms. The van der Waals surface area contributed by atoms with E-state index in [1.807, 2.05) is 0 Å². The first-order chi connectivity index (χ1) is 13.2. The SMILES string of the molecule is COC(Cc1ccc(OCC(=O)NC2CCC(C(C)(C)C)CC2)cc1)C(=O)O. The van der Waals surface area contributed by atoms with Gasteiger partial charge in [0.05, 0.1) is 0 Å². The average molecular weight is 392 g/mol. The Balaban J connectivity index is 1.73. The molecule has 1 amide bonds. The summed E-state index contributed by atoms with van der Waals surface area (Å²) in [5.74, 6) is 0.207. The standard InChI is InChI=1S/C22H33NO5/c1-22(2,3)16-7-9-17(10-8-16)23-20(24)14-28-18-11-5-15(6-12-18)13-19(27-4)21(25)26/h5-6,11-12,16-17,19H,7-10,13-14H2,1-4H3,(H,23,24)(H,25,26). The van der Waals surface area contributed by atoms with Crippen LogP contribution in [-0.2, 0) is 20.7 Å². The number of amides is 1. The van der Waals surface area contributed by atoms with E-state index in [2.05, 4.69) is 26.1 Å². The van der Waals surface area contributed by atoms with Crippen molar-refractivity contribution in [2.75, 3.05) is 13.7 Å². The van der Waals surface area contributed by atoms with E-state index >= 15 is 0 Å². The van der Waals surface area contributed by atoms with Gasteiger partial charge in [-0.3, -0.25) is 4.79 Å². The molecule has 0 aliphatic heterocycles. The minimum atomic E-state index is -0.990. The molecule has 0 aromatic heterocycles. The van der Waals surface area contributed by atoms with E-state index in [1.54, 1.807) is 24.3 Å². The third kappa shape index (κ3) is 6.82. The Bertz CT molecular complexity index is 642. The van der Waals surface area contributed by atoms with Crippen LogP contribution in [0.2, 0.25) is 0 Å². The number of carbonyl (C=O) groups excluding carboxylic acids is 1. The molecule has 1 aliphatic rings. The number of hydrogen-bond donors (Lipinski definition) is 2. The van der Waals surface area contributed by atoms with Gasteiger partial charge in [0, 0.05) is 19.6 Å². The van der Waals surface area contributed by atoms with Crippen LogP contribution in [0, 0.1) is 11.3 Å². The quantitative estimate of drug-likeness (QED) is 0.709. The van der Waals surface area contributed by atoms with Gasteiger partial charge in [0.15, 0.2) is 12.7 Å². The van der Waals surface area contributed by atoms with Crippen molar-refractivity contribution in [3.8, 4) is 5.75 Å². The van der Waals surface area contributed by atoms with Gasteiger partial charge in [-0.2, -0.15) is 0 Å². The van der Waals surface area contributed by atoms with Crippen LogP contribution in [0.15, 0.2) is 24.3 Å². The number of rotatable bonds is 8. The second-order valence-corrected chi connectivity index (χ2v) is 8.68. The first-order valence-electron chi connectivity index (χ1n) is 9.95. The number of hydrogen-bond acceptors (Lipinski definition) is 4. The molecular weight excluding hydrogens is 358 g/mol. The Morgan fingerprint density at radius 1 is 1.14 bits per heavy atom. The monoisotopic (exact) mass is 391 g/mol. The Morgan fingerprint density at radius 2 is 1.75 bits per heavy atom.